The monoisotopic (exact) mass is 275 g/mol. The van der Waals surface area contributed by atoms with Crippen molar-refractivity contribution < 1.29 is 9.32 Å². The van der Waals surface area contributed by atoms with E-state index in [1.54, 1.807) is 19.2 Å². The Morgan fingerprint density at radius 2 is 2.40 bits per heavy atom. The number of aryl methyl sites for hydroxylation is 1. The molecule has 7 nitrogen and oxygen atoms in total. The van der Waals surface area contributed by atoms with E-state index in [4.69, 9.17) is 4.52 Å². The third kappa shape index (κ3) is 2.98. The Labute approximate surface area is 116 Å². The van der Waals surface area contributed by atoms with Gasteiger partial charge in [-0.1, -0.05) is 5.16 Å². The van der Waals surface area contributed by atoms with Gasteiger partial charge >= 0.3 is 6.03 Å². The molecule has 3 rings (SSSR count). The van der Waals surface area contributed by atoms with Gasteiger partial charge in [0.05, 0.1) is 12.0 Å². The molecule has 1 saturated carbocycles. The summed E-state index contributed by atoms with van der Waals surface area (Å²) in [7, 11) is 0. The van der Waals surface area contributed by atoms with Gasteiger partial charge in [-0.15, -0.1) is 0 Å². The smallest absolute Gasteiger partial charge is 0.321 e. The Morgan fingerprint density at radius 1 is 1.55 bits per heavy atom. The van der Waals surface area contributed by atoms with Gasteiger partial charge in [0.15, 0.2) is 0 Å². The summed E-state index contributed by atoms with van der Waals surface area (Å²) in [5.74, 6) is 0.969. The second-order valence-corrected chi connectivity index (χ2v) is 5.22. The van der Waals surface area contributed by atoms with Gasteiger partial charge in [0.25, 0.3) is 0 Å². The van der Waals surface area contributed by atoms with Crippen molar-refractivity contribution in [1.29, 1.82) is 0 Å². The van der Waals surface area contributed by atoms with Crippen LogP contribution >= 0.6 is 0 Å². The minimum atomic E-state index is -0.243. The van der Waals surface area contributed by atoms with E-state index in [1.165, 1.54) is 0 Å². The van der Waals surface area contributed by atoms with E-state index in [2.05, 4.69) is 25.3 Å². The third-order valence-corrected chi connectivity index (χ3v) is 3.46. The molecule has 0 spiro atoms. The highest BCUT2D eigenvalue weighted by Crippen LogP contribution is 2.28. The predicted octanol–water partition coefficient (Wildman–Crippen LogP) is 1.78. The molecule has 0 bridgehead atoms. The number of hydrogen-bond donors (Lipinski definition) is 2. The fraction of sp³-hybridized carbons (Fsp3) is 0.462. The molecule has 7 heteroatoms. The van der Waals surface area contributed by atoms with Crippen molar-refractivity contribution in [3.8, 4) is 0 Å². The van der Waals surface area contributed by atoms with Crippen LogP contribution < -0.4 is 10.6 Å². The lowest BCUT2D eigenvalue weighted by molar-refractivity contribution is 0.195. The highest BCUT2D eigenvalue weighted by atomic mass is 16.5. The van der Waals surface area contributed by atoms with Gasteiger partial charge in [-0.2, -0.15) is 0 Å². The number of imidazole rings is 1. The topological polar surface area (TPSA) is 85.0 Å². The zero-order chi connectivity index (χ0) is 13.9. The van der Waals surface area contributed by atoms with Crippen LogP contribution in [0.2, 0.25) is 0 Å². The molecular weight excluding hydrogens is 258 g/mol. The molecule has 2 aromatic rings. The second kappa shape index (κ2) is 5.36. The summed E-state index contributed by atoms with van der Waals surface area (Å²) in [6.45, 7) is 2.76. The van der Waals surface area contributed by atoms with E-state index in [1.807, 2.05) is 12.5 Å². The summed E-state index contributed by atoms with van der Waals surface area (Å²) in [5.41, 5.74) is 0.740. The summed E-state index contributed by atoms with van der Waals surface area (Å²) in [4.78, 5) is 15.7. The molecule has 2 N–H and O–H groups in total. The molecule has 0 saturated heterocycles. The average Bonchev–Trinajstić information content (AvgIpc) is 2.98. The number of urea groups is 1. The zero-order valence-corrected chi connectivity index (χ0v) is 11.2. The molecule has 1 fully saturated rings. The summed E-state index contributed by atoms with van der Waals surface area (Å²) in [5, 5.41) is 9.26. The summed E-state index contributed by atoms with van der Waals surface area (Å²) < 4.78 is 6.99. The van der Waals surface area contributed by atoms with Crippen molar-refractivity contribution in [2.45, 2.75) is 32.4 Å². The van der Waals surface area contributed by atoms with Gasteiger partial charge in [0.1, 0.15) is 0 Å². The molecule has 0 atom stereocenters. The highest BCUT2D eigenvalue weighted by Gasteiger charge is 2.30. The van der Waals surface area contributed by atoms with Crippen LogP contribution in [0.1, 0.15) is 18.5 Å². The largest absolute Gasteiger partial charge is 0.338 e. The molecule has 0 aromatic carbocycles. The number of amides is 2. The van der Waals surface area contributed by atoms with Crippen LogP contribution in [0.25, 0.3) is 0 Å². The molecule has 20 heavy (non-hydrogen) atoms. The van der Waals surface area contributed by atoms with Gasteiger partial charge in [-0.3, -0.25) is 5.32 Å². The molecule has 0 aliphatic heterocycles. The SMILES string of the molecule is Cc1cc(NC(=O)NC2CC(Cn3ccnc3)C2)on1. The maximum atomic E-state index is 11.7. The number of nitrogens with zero attached hydrogens (tertiary/aromatic N) is 3. The lowest BCUT2D eigenvalue weighted by Gasteiger charge is -2.35. The van der Waals surface area contributed by atoms with Gasteiger partial charge in [0.2, 0.25) is 5.88 Å². The standard InChI is InChI=1S/C13H17N5O2/c1-9-4-12(20-17-9)16-13(19)15-11-5-10(6-11)7-18-3-2-14-8-18/h2-4,8,10-11H,5-7H2,1H3,(H2,15,16,19). The van der Waals surface area contributed by atoms with E-state index in [-0.39, 0.29) is 12.1 Å². The van der Waals surface area contributed by atoms with Crippen molar-refractivity contribution in [1.82, 2.24) is 20.0 Å². The number of nitrogens with one attached hydrogen (secondary N) is 2. The first kappa shape index (κ1) is 12.7. The molecule has 0 radical (unpaired) electrons. The van der Waals surface area contributed by atoms with Crippen LogP contribution in [-0.4, -0.2) is 26.8 Å². The number of carbonyl (C=O) groups excluding carboxylic acids is 1. The predicted molar refractivity (Wildman–Crippen MR) is 72.1 cm³/mol. The van der Waals surface area contributed by atoms with Crippen molar-refractivity contribution in [3.63, 3.8) is 0 Å². The number of rotatable bonds is 4. The number of carbonyl (C=O) groups is 1. The fourth-order valence-electron chi connectivity index (χ4n) is 2.45. The normalized spacial score (nSPS) is 21.2. The van der Waals surface area contributed by atoms with Gasteiger partial charge in [-0.25, -0.2) is 9.78 Å². The molecule has 0 unspecified atom stereocenters. The Bertz CT molecular complexity index is 571. The second-order valence-electron chi connectivity index (χ2n) is 5.22. The molecule has 1 aliphatic carbocycles. The number of hydrogen-bond acceptors (Lipinski definition) is 4. The first-order chi connectivity index (χ1) is 9.69. The Hall–Kier alpha value is -2.31. The number of anilines is 1. The Balaban J connectivity index is 1.39. The molecular formula is C13H17N5O2. The quantitative estimate of drug-likeness (QED) is 0.890. The van der Waals surface area contributed by atoms with Crippen LogP contribution in [0.15, 0.2) is 29.3 Å². The van der Waals surface area contributed by atoms with Crippen LogP contribution in [0, 0.1) is 12.8 Å². The molecule has 1 aliphatic rings. The maximum absolute atomic E-state index is 11.7. The van der Waals surface area contributed by atoms with E-state index in [0.29, 0.717) is 11.8 Å². The molecule has 2 amide bonds. The average molecular weight is 275 g/mol. The van der Waals surface area contributed by atoms with E-state index < -0.39 is 0 Å². The maximum Gasteiger partial charge on any atom is 0.321 e. The summed E-state index contributed by atoms with van der Waals surface area (Å²) in [6.07, 6.45) is 7.53. The van der Waals surface area contributed by atoms with E-state index >= 15 is 0 Å². The van der Waals surface area contributed by atoms with Crippen LogP contribution in [-0.2, 0) is 6.54 Å². The van der Waals surface area contributed by atoms with Gasteiger partial charge < -0.3 is 14.4 Å². The molecule has 2 aromatic heterocycles. The summed E-state index contributed by atoms with van der Waals surface area (Å²) in [6, 6.07) is 1.67. The Kier molecular flexibility index (Phi) is 3.41. The van der Waals surface area contributed by atoms with Gasteiger partial charge in [-0.05, 0) is 25.7 Å². The fourth-order valence-corrected chi connectivity index (χ4v) is 2.45. The third-order valence-electron chi connectivity index (χ3n) is 3.46. The Morgan fingerprint density at radius 3 is 3.05 bits per heavy atom. The first-order valence-corrected chi connectivity index (χ1v) is 6.65. The minimum absolute atomic E-state index is 0.229. The van der Waals surface area contributed by atoms with Crippen molar-refractivity contribution in [2.24, 2.45) is 5.92 Å². The summed E-state index contributed by atoms with van der Waals surface area (Å²) >= 11 is 0. The lowest BCUT2D eigenvalue weighted by Crippen LogP contribution is -2.46. The van der Waals surface area contributed by atoms with Crippen molar-refractivity contribution in [2.75, 3.05) is 5.32 Å². The number of aromatic nitrogens is 3. The van der Waals surface area contributed by atoms with Crippen LogP contribution in [0.5, 0.6) is 0 Å². The van der Waals surface area contributed by atoms with Crippen molar-refractivity contribution >= 4 is 11.9 Å². The van der Waals surface area contributed by atoms with Crippen molar-refractivity contribution in [3.05, 3.63) is 30.5 Å². The molecule has 106 valence electrons. The highest BCUT2D eigenvalue weighted by molar-refractivity contribution is 5.88. The van der Waals surface area contributed by atoms with Crippen LogP contribution in [0.3, 0.4) is 0 Å². The van der Waals surface area contributed by atoms with Crippen LogP contribution in [0.4, 0.5) is 10.7 Å². The zero-order valence-electron chi connectivity index (χ0n) is 11.2. The van der Waals surface area contributed by atoms with E-state index in [9.17, 15) is 4.79 Å². The first-order valence-electron chi connectivity index (χ1n) is 6.65. The van der Waals surface area contributed by atoms with E-state index in [0.717, 1.165) is 25.1 Å². The lowest BCUT2D eigenvalue weighted by atomic mass is 9.80. The van der Waals surface area contributed by atoms with Gasteiger partial charge in [0, 0.05) is 31.0 Å². The molecule has 2 heterocycles. The minimum Gasteiger partial charge on any atom is -0.338 e.